The summed E-state index contributed by atoms with van der Waals surface area (Å²) in [7, 11) is 1.56. The Bertz CT molecular complexity index is 1150. The van der Waals surface area contributed by atoms with Crippen molar-refractivity contribution in [2.45, 2.75) is 6.54 Å². The van der Waals surface area contributed by atoms with E-state index in [1.807, 2.05) is 24.3 Å². The fourth-order valence-corrected chi connectivity index (χ4v) is 3.50. The molecule has 2 heterocycles. The number of primary amides is 1. The number of hydrogen-bond donors (Lipinski definition) is 3. The normalized spacial score (nSPS) is 13.0. The van der Waals surface area contributed by atoms with E-state index in [1.165, 1.54) is 4.90 Å². The molecule has 3 aromatic rings. The quantitative estimate of drug-likeness (QED) is 0.462. The second kappa shape index (κ2) is 6.41. The first-order valence-corrected chi connectivity index (χ1v) is 8.60. The van der Waals surface area contributed by atoms with Gasteiger partial charge in [-0.25, -0.2) is 0 Å². The number of aromatic amines is 1. The Morgan fingerprint density at radius 3 is 2.79 bits per heavy atom. The van der Waals surface area contributed by atoms with Gasteiger partial charge in [0.15, 0.2) is 0 Å². The molecule has 142 valence electrons. The zero-order valence-electron chi connectivity index (χ0n) is 15.3. The van der Waals surface area contributed by atoms with Crippen LogP contribution in [0.15, 0.2) is 42.5 Å². The van der Waals surface area contributed by atoms with Gasteiger partial charge in [-0.05, 0) is 41.0 Å². The second-order valence-corrected chi connectivity index (χ2v) is 6.72. The van der Waals surface area contributed by atoms with Crippen LogP contribution in [0.2, 0.25) is 0 Å². The summed E-state index contributed by atoms with van der Waals surface area (Å²) < 4.78 is 5.29. The van der Waals surface area contributed by atoms with Crippen LogP contribution in [-0.2, 0) is 11.3 Å². The van der Waals surface area contributed by atoms with Crippen LogP contribution in [0, 0.1) is 0 Å². The molecule has 0 bridgehead atoms. The molecule has 8 heteroatoms. The molecular weight excluding hydrogens is 358 g/mol. The van der Waals surface area contributed by atoms with E-state index in [9.17, 15) is 9.59 Å². The number of amides is 2. The number of carbonyl (C=O) groups excluding carboxylic acids is 2. The molecule has 28 heavy (non-hydrogen) atoms. The Hall–Kier alpha value is -3.81. The van der Waals surface area contributed by atoms with Gasteiger partial charge in [0.2, 0.25) is 11.8 Å². The molecule has 1 aliphatic rings. The van der Waals surface area contributed by atoms with E-state index in [0.29, 0.717) is 23.7 Å². The number of fused-ring (bicyclic) bond motifs is 2. The summed E-state index contributed by atoms with van der Waals surface area (Å²) in [5, 5.41) is 7.87. The van der Waals surface area contributed by atoms with Crippen LogP contribution in [0.5, 0.6) is 5.88 Å². The van der Waals surface area contributed by atoms with Crippen molar-refractivity contribution in [3.63, 3.8) is 0 Å². The number of carbonyl (C=O) groups is 2. The maximum absolute atomic E-state index is 12.8. The van der Waals surface area contributed by atoms with Crippen molar-refractivity contribution in [2.24, 2.45) is 5.73 Å². The number of nitrogens with two attached hydrogens (primary N) is 2. The number of anilines is 1. The molecule has 4 rings (SSSR count). The number of nitrogens with one attached hydrogen (secondary N) is 1. The maximum Gasteiger partial charge on any atom is 0.254 e. The van der Waals surface area contributed by atoms with E-state index in [4.69, 9.17) is 16.2 Å². The van der Waals surface area contributed by atoms with Gasteiger partial charge in [-0.15, -0.1) is 5.10 Å². The summed E-state index contributed by atoms with van der Waals surface area (Å²) in [4.78, 5) is 25.7. The fourth-order valence-electron chi connectivity index (χ4n) is 3.50. The number of ether oxygens (including phenoxy) is 1. The average molecular weight is 377 g/mol. The van der Waals surface area contributed by atoms with Crippen LogP contribution in [0.1, 0.15) is 15.9 Å². The summed E-state index contributed by atoms with van der Waals surface area (Å²) in [6.07, 6.45) is 0. The van der Waals surface area contributed by atoms with Gasteiger partial charge < -0.3 is 21.1 Å². The van der Waals surface area contributed by atoms with Crippen LogP contribution in [0.25, 0.3) is 22.0 Å². The molecule has 0 spiro atoms. The first kappa shape index (κ1) is 17.6. The lowest BCUT2D eigenvalue weighted by Gasteiger charge is -2.15. The third-order valence-corrected chi connectivity index (χ3v) is 4.90. The lowest BCUT2D eigenvalue weighted by molar-refractivity contribution is -0.114. The van der Waals surface area contributed by atoms with Gasteiger partial charge in [0.25, 0.3) is 5.91 Å². The lowest BCUT2D eigenvalue weighted by Crippen LogP contribution is -2.30. The predicted molar refractivity (Wildman–Crippen MR) is 106 cm³/mol. The second-order valence-electron chi connectivity index (χ2n) is 6.72. The molecule has 1 aromatic heterocycles. The highest BCUT2D eigenvalue weighted by atomic mass is 16.5. The Balaban J connectivity index is 1.79. The van der Waals surface area contributed by atoms with Gasteiger partial charge in [0.05, 0.1) is 24.6 Å². The minimum absolute atomic E-state index is 0.0801. The van der Waals surface area contributed by atoms with Gasteiger partial charge in [-0.2, -0.15) is 0 Å². The summed E-state index contributed by atoms with van der Waals surface area (Å²) in [5.41, 5.74) is 15.9. The molecule has 2 aromatic carbocycles. The van der Waals surface area contributed by atoms with Crippen LogP contribution < -0.4 is 16.2 Å². The number of H-pyrrole nitrogens is 1. The largest absolute Gasteiger partial charge is 0.480 e. The van der Waals surface area contributed by atoms with Crippen LogP contribution in [0.3, 0.4) is 0 Å². The predicted octanol–water partition coefficient (Wildman–Crippen LogP) is 1.82. The number of nitrogens with zero attached hydrogens (tertiary/aromatic N) is 2. The lowest BCUT2D eigenvalue weighted by atomic mass is 9.95. The van der Waals surface area contributed by atoms with Gasteiger partial charge in [-0.1, -0.05) is 12.6 Å². The molecule has 2 amide bonds. The summed E-state index contributed by atoms with van der Waals surface area (Å²) in [5.74, 6) is -0.332. The Labute approximate surface area is 160 Å². The molecule has 0 fully saturated rings. The third kappa shape index (κ3) is 2.75. The zero-order chi connectivity index (χ0) is 20.0. The van der Waals surface area contributed by atoms with E-state index >= 15 is 0 Å². The van der Waals surface area contributed by atoms with Gasteiger partial charge in [0, 0.05) is 23.4 Å². The molecule has 5 N–H and O–H groups in total. The fraction of sp³-hybridized carbons (Fsp3) is 0.150. The monoisotopic (exact) mass is 377 g/mol. The Kier molecular flexibility index (Phi) is 4.03. The average Bonchev–Trinajstić information content (AvgIpc) is 3.22. The van der Waals surface area contributed by atoms with Crippen LogP contribution in [0.4, 0.5) is 5.69 Å². The minimum Gasteiger partial charge on any atom is -0.480 e. The number of hydrogen-bond acceptors (Lipinski definition) is 5. The summed E-state index contributed by atoms with van der Waals surface area (Å²) in [6, 6.07) is 9.28. The van der Waals surface area contributed by atoms with Crippen molar-refractivity contribution < 1.29 is 14.3 Å². The van der Waals surface area contributed by atoms with Crippen molar-refractivity contribution in [3.8, 4) is 17.0 Å². The molecular formula is C20H19N5O3. The number of methoxy groups -OCH3 is 1. The first-order chi connectivity index (χ1) is 13.4. The zero-order valence-corrected chi connectivity index (χ0v) is 15.3. The van der Waals surface area contributed by atoms with E-state index in [-0.39, 0.29) is 18.0 Å². The minimum atomic E-state index is -0.624. The number of nitrogen functional groups attached to an aromatic ring is 1. The Morgan fingerprint density at radius 1 is 1.32 bits per heavy atom. The maximum atomic E-state index is 12.8. The number of aromatic nitrogens is 2. The first-order valence-electron chi connectivity index (χ1n) is 8.60. The molecule has 0 atom stereocenters. The highest BCUT2D eigenvalue weighted by molar-refractivity contribution is 6.03. The van der Waals surface area contributed by atoms with Crippen molar-refractivity contribution in [3.05, 3.63) is 53.6 Å². The van der Waals surface area contributed by atoms with Crippen LogP contribution >= 0.6 is 0 Å². The summed E-state index contributed by atoms with van der Waals surface area (Å²) in [6.45, 7) is 4.07. The SMILES string of the molecule is C=C(CN1Cc2c(cc(N)cc2-c2ccc3[nH]nc(OC)c3c2)C1=O)C(N)=O. The van der Waals surface area contributed by atoms with Gasteiger partial charge >= 0.3 is 0 Å². The van der Waals surface area contributed by atoms with E-state index in [1.54, 1.807) is 13.2 Å². The van der Waals surface area contributed by atoms with E-state index < -0.39 is 5.91 Å². The van der Waals surface area contributed by atoms with E-state index in [0.717, 1.165) is 27.6 Å². The highest BCUT2D eigenvalue weighted by Gasteiger charge is 2.31. The standard InChI is InChI=1S/C20H19N5O3/c1-10(18(22)26)8-25-9-16-13(6-12(21)7-14(16)20(25)27)11-3-4-17-15(5-11)19(28-2)24-23-17/h3-7H,1,8-9,21H2,2H3,(H2,22,26)(H,23,24). The molecule has 0 unspecified atom stereocenters. The van der Waals surface area contributed by atoms with Gasteiger partial charge in [-0.3, -0.25) is 14.7 Å². The molecule has 8 nitrogen and oxygen atoms in total. The third-order valence-electron chi connectivity index (χ3n) is 4.90. The van der Waals surface area contributed by atoms with Crippen molar-refractivity contribution in [1.29, 1.82) is 0 Å². The molecule has 0 saturated heterocycles. The van der Waals surface area contributed by atoms with Gasteiger partial charge in [0.1, 0.15) is 0 Å². The number of rotatable bonds is 5. The van der Waals surface area contributed by atoms with Crippen molar-refractivity contribution in [1.82, 2.24) is 15.1 Å². The Morgan fingerprint density at radius 2 is 2.07 bits per heavy atom. The van der Waals surface area contributed by atoms with Crippen molar-refractivity contribution >= 4 is 28.4 Å². The van der Waals surface area contributed by atoms with E-state index in [2.05, 4.69) is 16.8 Å². The highest BCUT2D eigenvalue weighted by Crippen LogP contribution is 2.37. The molecule has 0 radical (unpaired) electrons. The smallest absolute Gasteiger partial charge is 0.254 e. The van der Waals surface area contributed by atoms with Crippen LogP contribution in [-0.4, -0.2) is 40.6 Å². The topological polar surface area (TPSA) is 127 Å². The van der Waals surface area contributed by atoms with Crippen molar-refractivity contribution in [2.75, 3.05) is 19.4 Å². The molecule has 0 aliphatic carbocycles. The summed E-state index contributed by atoms with van der Waals surface area (Å²) >= 11 is 0. The number of benzene rings is 2. The molecule has 1 aliphatic heterocycles. The molecule has 0 saturated carbocycles.